The van der Waals surface area contributed by atoms with Crippen LogP contribution in [0.1, 0.15) is 34.7 Å². The van der Waals surface area contributed by atoms with Gasteiger partial charge in [-0.2, -0.15) is 4.98 Å². The van der Waals surface area contributed by atoms with Crippen LogP contribution in [0.5, 0.6) is 0 Å². The van der Waals surface area contributed by atoms with E-state index in [4.69, 9.17) is 4.52 Å². The molecule has 0 saturated carbocycles. The van der Waals surface area contributed by atoms with E-state index in [1.165, 1.54) is 0 Å². The molecular weight excluding hydrogens is 326 g/mol. The minimum Gasteiger partial charge on any atom is -0.339 e. The number of aromatic nitrogens is 2. The molecule has 1 aliphatic rings. The Morgan fingerprint density at radius 3 is 2.58 bits per heavy atom. The predicted molar refractivity (Wildman–Crippen MR) is 98.7 cm³/mol. The molecule has 2 heterocycles. The number of hydrogen-bond acceptors (Lipinski definition) is 4. The third-order valence-corrected chi connectivity index (χ3v) is 5.07. The lowest BCUT2D eigenvalue weighted by Gasteiger charge is -2.17. The van der Waals surface area contributed by atoms with Crippen LogP contribution in [-0.2, 0) is 0 Å². The second kappa shape index (κ2) is 6.75. The standard InChI is InChI=1S/C21H21N3O2/c1-14-8-6-7-11-17(14)21(25)24-12-15(2)18(13-24)20-22-19(23-26-20)16-9-4-3-5-10-16/h3-11,15,18H,12-13H2,1-2H3. The third kappa shape index (κ3) is 3.01. The van der Waals surface area contributed by atoms with Crippen molar-refractivity contribution in [3.63, 3.8) is 0 Å². The maximum Gasteiger partial charge on any atom is 0.254 e. The Labute approximate surface area is 152 Å². The highest BCUT2D eigenvalue weighted by molar-refractivity contribution is 5.95. The zero-order valence-corrected chi connectivity index (χ0v) is 14.9. The van der Waals surface area contributed by atoms with Gasteiger partial charge in [-0.1, -0.05) is 60.6 Å². The molecule has 0 spiro atoms. The van der Waals surface area contributed by atoms with Crippen LogP contribution < -0.4 is 0 Å². The highest BCUT2D eigenvalue weighted by Crippen LogP contribution is 2.33. The molecule has 1 aliphatic heterocycles. The van der Waals surface area contributed by atoms with Gasteiger partial charge in [-0.3, -0.25) is 4.79 Å². The summed E-state index contributed by atoms with van der Waals surface area (Å²) >= 11 is 0. The van der Waals surface area contributed by atoms with Crippen molar-refractivity contribution >= 4 is 5.91 Å². The van der Waals surface area contributed by atoms with E-state index >= 15 is 0 Å². The van der Waals surface area contributed by atoms with Gasteiger partial charge in [0.05, 0.1) is 5.92 Å². The molecule has 1 fully saturated rings. The van der Waals surface area contributed by atoms with E-state index in [9.17, 15) is 4.79 Å². The number of hydrogen-bond donors (Lipinski definition) is 0. The van der Waals surface area contributed by atoms with E-state index in [2.05, 4.69) is 17.1 Å². The summed E-state index contributed by atoms with van der Waals surface area (Å²) in [6, 6.07) is 17.5. The molecule has 2 unspecified atom stereocenters. The summed E-state index contributed by atoms with van der Waals surface area (Å²) in [5, 5.41) is 4.12. The molecule has 1 aromatic heterocycles. The van der Waals surface area contributed by atoms with Gasteiger partial charge in [-0.05, 0) is 24.5 Å². The molecule has 2 aromatic carbocycles. The quantitative estimate of drug-likeness (QED) is 0.720. The number of aryl methyl sites for hydroxylation is 1. The van der Waals surface area contributed by atoms with E-state index < -0.39 is 0 Å². The molecule has 0 radical (unpaired) electrons. The summed E-state index contributed by atoms with van der Waals surface area (Å²) in [6.45, 7) is 5.39. The van der Waals surface area contributed by atoms with Crippen molar-refractivity contribution in [2.24, 2.45) is 5.92 Å². The lowest BCUT2D eigenvalue weighted by molar-refractivity contribution is 0.0785. The Hall–Kier alpha value is -2.95. The average molecular weight is 347 g/mol. The minimum atomic E-state index is 0.0629. The van der Waals surface area contributed by atoms with Crippen LogP contribution in [0.2, 0.25) is 0 Å². The Bertz CT molecular complexity index is 920. The number of rotatable bonds is 3. The number of nitrogens with zero attached hydrogens (tertiary/aromatic N) is 3. The first-order chi connectivity index (χ1) is 12.6. The fourth-order valence-corrected chi connectivity index (χ4v) is 3.53. The highest BCUT2D eigenvalue weighted by Gasteiger charge is 2.37. The van der Waals surface area contributed by atoms with Gasteiger partial charge in [-0.25, -0.2) is 0 Å². The second-order valence-electron chi connectivity index (χ2n) is 6.93. The Morgan fingerprint density at radius 2 is 1.81 bits per heavy atom. The van der Waals surface area contributed by atoms with Crippen LogP contribution in [-0.4, -0.2) is 34.0 Å². The van der Waals surface area contributed by atoms with Gasteiger partial charge in [0.2, 0.25) is 11.7 Å². The normalized spacial score (nSPS) is 19.7. The van der Waals surface area contributed by atoms with Gasteiger partial charge in [0.15, 0.2) is 0 Å². The summed E-state index contributed by atoms with van der Waals surface area (Å²) in [7, 11) is 0. The second-order valence-corrected chi connectivity index (χ2v) is 6.93. The van der Waals surface area contributed by atoms with Crippen LogP contribution in [0.3, 0.4) is 0 Å². The molecule has 4 rings (SSSR count). The molecule has 5 heteroatoms. The third-order valence-electron chi connectivity index (χ3n) is 5.07. The van der Waals surface area contributed by atoms with E-state index in [0.717, 1.165) is 16.7 Å². The first kappa shape index (κ1) is 16.5. The molecule has 2 atom stereocenters. The molecule has 1 amide bonds. The maximum atomic E-state index is 12.9. The van der Waals surface area contributed by atoms with Crippen molar-refractivity contribution in [1.29, 1.82) is 0 Å². The first-order valence-electron chi connectivity index (χ1n) is 8.87. The molecule has 0 bridgehead atoms. The fraction of sp³-hybridized carbons (Fsp3) is 0.286. The van der Waals surface area contributed by atoms with Gasteiger partial charge < -0.3 is 9.42 Å². The number of likely N-dealkylation sites (tertiary alicyclic amines) is 1. The molecule has 0 N–H and O–H groups in total. The van der Waals surface area contributed by atoms with Crippen molar-refractivity contribution in [1.82, 2.24) is 15.0 Å². The molecule has 0 aliphatic carbocycles. The Balaban J connectivity index is 1.54. The lowest BCUT2D eigenvalue weighted by Crippen LogP contribution is -2.29. The Morgan fingerprint density at radius 1 is 1.08 bits per heavy atom. The molecule has 1 saturated heterocycles. The van der Waals surface area contributed by atoms with Crippen molar-refractivity contribution < 1.29 is 9.32 Å². The molecule has 3 aromatic rings. The van der Waals surface area contributed by atoms with Crippen molar-refractivity contribution in [2.75, 3.05) is 13.1 Å². The van der Waals surface area contributed by atoms with Crippen molar-refractivity contribution in [2.45, 2.75) is 19.8 Å². The summed E-state index contributed by atoms with van der Waals surface area (Å²) in [5.41, 5.74) is 2.69. The molecule has 5 nitrogen and oxygen atoms in total. The molecule has 132 valence electrons. The zero-order chi connectivity index (χ0) is 18.1. The molecule has 26 heavy (non-hydrogen) atoms. The van der Waals surface area contributed by atoms with Gasteiger partial charge in [0.25, 0.3) is 5.91 Å². The van der Waals surface area contributed by atoms with Crippen LogP contribution >= 0.6 is 0 Å². The van der Waals surface area contributed by atoms with Crippen molar-refractivity contribution in [3.05, 3.63) is 71.6 Å². The Kier molecular flexibility index (Phi) is 4.29. The van der Waals surface area contributed by atoms with Crippen molar-refractivity contribution in [3.8, 4) is 11.4 Å². The first-order valence-corrected chi connectivity index (χ1v) is 8.87. The summed E-state index contributed by atoms with van der Waals surface area (Å²) in [5.74, 6) is 1.60. The smallest absolute Gasteiger partial charge is 0.254 e. The SMILES string of the molecule is Cc1ccccc1C(=O)N1CC(C)C(c2nc(-c3ccccc3)no2)C1. The van der Waals surface area contributed by atoms with Crippen LogP contribution in [0.25, 0.3) is 11.4 Å². The molecular formula is C21H21N3O2. The average Bonchev–Trinajstić information content (AvgIpc) is 3.29. The minimum absolute atomic E-state index is 0.0629. The van der Waals surface area contributed by atoms with Gasteiger partial charge in [0, 0.05) is 24.2 Å². The van der Waals surface area contributed by atoms with Crippen LogP contribution in [0.4, 0.5) is 0 Å². The largest absolute Gasteiger partial charge is 0.339 e. The predicted octanol–water partition coefficient (Wildman–Crippen LogP) is 3.92. The van der Waals surface area contributed by atoms with Crippen LogP contribution in [0, 0.1) is 12.8 Å². The fourth-order valence-electron chi connectivity index (χ4n) is 3.53. The van der Waals surface area contributed by atoms with Crippen LogP contribution in [0.15, 0.2) is 59.1 Å². The summed E-state index contributed by atoms with van der Waals surface area (Å²) < 4.78 is 5.53. The maximum absolute atomic E-state index is 12.9. The van der Waals surface area contributed by atoms with Gasteiger partial charge in [0.1, 0.15) is 0 Å². The lowest BCUT2D eigenvalue weighted by atomic mass is 9.98. The number of carbonyl (C=O) groups excluding carboxylic acids is 1. The number of carbonyl (C=O) groups is 1. The van der Waals surface area contributed by atoms with Gasteiger partial charge in [-0.15, -0.1) is 0 Å². The van der Waals surface area contributed by atoms with E-state index in [1.807, 2.05) is 66.4 Å². The van der Waals surface area contributed by atoms with E-state index in [1.54, 1.807) is 0 Å². The van der Waals surface area contributed by atoms with E-state index in [-0.39, 0.29) is 17.7 Å². The van der Waals surface area contributed by atoms with Gasteiger partial charge >= 0.3 is 0 Å². The summed E-state index contributed by atoms with van der Waals surface area (Å²) in [6.07, 6.45) is 0. The number of amides is 1. The topological polar surface area (TPSA) is 59.2 Å². The number of benzene rings is 2. The van der Waals surface area contributed by atoms with E-state index in [0.29, 0.717) is 24.8 Å². The summed E-state index contributed by atoms with van der Waals surface area (Å²) in [4.78, 5) is 19.4. The zero-order valence-electron chi connectivity index (χ0n) is 14.9. The monoisotopic (exact) mass is 347 g/mol. The highest BCUT2D eigenvalue weighted by atomic mass is 16.5.